The second-order valence-corrected chi connectivity index (χ2v) is 5.26. The number of hydrogen-bond donors (Lipinski definition) is 1. The number of aromatic nitrogens is 2. The Bertz CT molecular complexity index is 1050. The molecule has 0 bridgehead atoms. The van der Waals surface area contributed by atoms with Crippen LogP contribution in [0.5, 0.6) is 0 Å². The van der Waals surface area contributed by atoms with Crippen molar-refractivity contribution >= 4 is 27.8 Å². The second-order valence-electron chi connectivity index (χ2n) is 5.26. The minimum absolute atomic E-state index is 0.0434. The van der Waals surface area contributed by atoms with Crippen LogP contribution in [-0.2, 0) is 0 Å². The van der Waals surface area contributed by atoms with Crippen molar-refractivity contribution in [3.8, 4) is 11.1 Å². The van der Waals surface area contributed by atoms with Crippen molar-refractivity contribution in [1.82, 2.24) is 9.97 Å². The van der Waals surface area contributed by atoms with Crippen molar-refractivity contribution in [3.63, 3.8) is 0 Å². The number of carboxylic acids is 1. The topological polar surface area (TPSA) is 63.1 Å². The van der Waals surface area contributed by atoms with Crippen LogP contribution in [0.15, 0.2) is 66.9 Å². The van der Waals surface area contributed by atoms with Gasteiger partial charge in [0.25, 0.3) is 0 Å². The third-order valence-corrected chi connectivity index (χ3v) is 3.85. The Balaban J connectivity index is 2.11. The van der Waals surface area contributed by atoms with Crippen LogP contribution in [0.1, 0.15) is 10.5 Å². The highest BCUT2D eigenvalue weighted by molar-refractivity contribution is 6.03. The molecule has 0 unspecified atom stereocenters. The Hall–Kier alpha value is -3.27. The average Bonchev–Trinajstić information content (AvgIpc) is 2.60. The molecule has 2 heterocycles. The molecule has 4 aromatic rings. The van der Waals surface area contributed by atoms with Crippen molar-refractivity contribution in [2.24, 2.45) is 0 Å². The van der Waals surface area contributed by atoms with Crippen LogP contribution in [0, 0.1) is 0 Å². The minimum atomic E-state index is -1.04. The molecule has 4 nitrogen and oxygen atoms in total. The first-order valence-electron chi connectivity index (χ1n) is 7.21. The van der Waals surface area contributed by atoms with E-state index in [4.69, 9.17) is 0 Å². The van der Waals surface area contributed by atoms with Crippen LogP contribution < -0.4 is 0 Å². The summed E-state index contributed by atoms with van der Waals surface area (Å²) in [6.45, 7) is 0. The number of rotatable bonds is 2. The Morgan fingerprint density at radius 2 is 1.65 bits per heavy atom. The van der Waals surface area contributed by atoms with Gasteiger partial charge >= 0.3 is 5.97 Å². The molecule has 0 saturated carbocycles. The van der Waals surface area contributed by atoms with Gasteiger partial charge in [0.05, 0.1) is 11.0 Å². The molecule has 0 amide bonds. The standard InChI is InChI=1S/C19H12N2O2/c22-19(23)18-15(11-13-5-1-2-9-16(13)21-18)14-8-3-6-12-7-4-10-20-17(12)14/h1-11H,(H,22,23). The van der Waals surface area contributed by atoms with Gasteiger partial charge in [0.1, 0.15) is 0 Å². The maximum Gasteiger partial charge on any atom is 0.355 e. The first-order valence-corrected chi connectivity index (χ1v) is 7.21. The molecular weight excluding hydrogens is 288 g/mol. The van der Waals surface area contributed by atoms with E-state index >= 15 is 0 Å². The average molecular weight is 300 g/mol. The number of hydrogen-bond acceptors (Lipinski definition) is 3. The van der Waals surface area contributed by atoms with Crippen LogP contribution in [0.3, 0.4) is 0 Å². The summed E-state index contributed by atoms with van der Waals surface area (Å²) >= 11 is 0. The summed E-state index contributed by atoms with van der Waals surface area (Å²) in [5.74, 6) is -1.04. The van der Waals surface area contributed by atoms with E-state index in [1.807, 2.05) is 60.7 Å². The van der Waals surface area contributed by atoms with E-state index in [9.17, 15) is 9.90 Å². The predicted octanol–water partition coefficient (Wildman–Crippen LogP) is 4.15. The van der Waals surface area contributed by atoms with Crippen molar-refractivity contribution in [3.05, 3.63) is 72.6 Å². The highest BCUT2D eigenvalue weighted by Gasteiger charge is 2.17. The first kappa shape index (κ1) is 13.4. The summed E-state index contributed by atoms with van der Waals surface area (Å²) in [6, 6.07) is 18.9. The molecule has 0 radical (unpaired) electrons. The van der Waals surface area contributed by atoms with Crippen molar-refractivity contribution in [2.75, 3.05) is 0 Å². The van der Waals surface area contributed by atoms with Crippen molar-refractivity contribution in [2.45, 2.75) is 0 Å². The number of benzene rings is 2. The Kier molecular flexibility index (Phi) is 3.01. The molecule has 0 fully saturated rings. The Morgan fingerprint density at radius 3 is 2.52 bits per heavy atom. The highest BCUT2D eigenvalue weighted by atomic mass is 16.4. The van der Waals surface area contributed by atoms with Crippen molar-refractivity contribution < 1.29 is 9.90 Å². The zero-order chi connectivity index (χ0) is 15.8. The van der Waals surface area contributed by atoms with E-state index in [1.54, 1.807) is 6.20 Å². The number of pyridine rings is 2. The molecule has 0 atom stereocenters. The SMILES string of the molecule is O=C(O)c1nc2ccccc2cc1-c1cccc2cccnc12. The second kappa shape index (κ2) is 5.18. The predicted molar refractivity (Wildman–Crippen MR) is 89.4 cm³/mol. The molecular formula is C19H12N2O2. The molecule has 0 saturated heterocycles. The van der Waals surface area contributed by atoms with E-state index < -0.39 is 5.97 Å². The summed E-state index contributed by atoms with van der Waals surface area (Å²) in [6.07, 6.45) is 1.71. The molecule has 1 N–H and O–H groups in total. The number of fused-ring (bicyclic) bond motifs is 2. The third-order valence-electron chi connectivity index (χ3n) is 3.85. The van der Waals surface area contributed by atoms with Crippen LogP contribution in [0.25, 0.3) is 32.9 Å². The molecule has 23 heavy (non-hydrogen) atoms. The summed E-state index contributed by atoms with van der Waals surface area (Å²) in [4.78, 5) is 20.4. The maximum atomic E-state index is 11.7. The van der Waals surface area contributed by atoms with Gasteiger partial charge in [-0.3, -0.25) is 4.98 Å². The lowest BCUT2D eigenvalue weighted by molar-refractivity contribution is 0.0692. The zero-order valence-corrected chi connectivity index (χ0v) is 12.1. The molecule has 0 aliphatic rings. The van der Waals surface area contributed by atoms with E-state index in [2.05, 4.69) is 9.97 Å². The quantitative estimate of drug-likeness (QED) is 0.604. The van der Waals surface area contributed by atoms with Crippen molar-refractivity contribution in [1.29, 1.82) is 0 Å². The van der Waals surface area contributed by atoms with Gasteiger partial charge in [-0.05, 0) is 18.2 Å². The third kappa shape index (κ3) is 2.21. The number of carboxylic acid groups (broad SMARTS) is 1. The fourth-order valence-corrected chi connectivity index (χ4v) is 2.81. The van der Waals surface area contributed by atoms with E-state index in [0.29, 0.717) is 11.1 Å². The fourth-order valence-electron chi connectivity index (χ4n) is 2.81. The first-order chi connectivity index (χ1) is 11.2. The summed E-state index contributed by atoms with van der Waals surface area (Å²) in [5, 5.41) is 11.4. The summed E-state index contributed by atoms with van der Waals surface area (Å²) in [7, 11) is 0. The van der Waals surface area contributed by atoms with E-state index in [-0.39, 0.29) is 5.69 Å². The number of para-hydroxylation sites is 2. The van der Waals surface area contributed by atoms with Gasteiger partial charge in [-0.25, -0.2) is 9.78 Å². The lowest BCUT2D eigenvalue weighted by atomic mass is 9.98. The maximum absolute atomic E-state index is 11.7. The fraction of sp³-hybridized carbons (Fsp3) is 0. The number of nitrogens with zero attached hydrogens (tertiary/aromatic N) is 2. The van der Waals surface area contributed by atoms with Crippen LogP contribution in [0.2, 0.25) is 0 Å². The molecule has 0 aliphatic heterocycles. The number of aromatic carboxylic acids is 1. The molecule has 2 aromatic heterocycles. The molecule has 0 spiro atoms. The summed E-state index contributed by atoms with van der Waals surface area (Å²) in [5.41, 5.74) is 2.84. The van der Waals surface area contributed by atoms with Gasteiger partial charge in [0.2, 0.25) is 0 Å². The number of carbonyl (C=O) groups is 1. The Morgan fingerprint density at radius 1 is 0.870 bits per heavy atom. The molecule has 2 aromatic carbocycles. The lowest BCUT2D eigenvalue weighted by Crippen LogP contribution is -2.04. The van der Waals surface area contributed by atoms with Gasteiger partial charge in [0, 0.05) is 28.1 Å². The summed E-state index contributed by atoms with van der Waals surface area (Å²) < 4.78 is 0. The van der Waals surface area contributed by atoms with Gasteiger partial charge in [-0.15, -0.1) is 0 Å². The largest absolute Gasteiger partial charge is 0.476 e. The van der Waals surface area contributed by atoms with E-state index in [0.717, 1.165) is 21.9 Å². The van der Waals surface area contributed by atoms with Crippen LogP contribution in [-0.4, -0.2) is 21.0 Å². The highest BCUT2D eigenvalue weighted by Crippen LogP contribution is 2.31. The van der Waals surface area contributed by atoms with Crippen LogP contribution in [0.4, 0.5) is 0 Å². The van der Waals surface area contributed by atoms with Gasteiger partial charge in [0.15, 0.2) is 5.69 Å². The zero-order valence-electron chi connectivity index (χ0n) is 12.1. The lowest BCUT2D eigenvalue weighted by Gasteiger charge is -2.10. The smallest absolute Gasteiger partial charge is 0.355 e. The molecule has 4 heteroatoms. The van der Waals surface area contributed by atoms with Gasteiger partial charge in [-0.2, -0.15) is 0 Å². The minimum Gasteiger partial charge on any atom is -0.476 e. The molecule has 4 rings (SSSR count). The van der Waals surface area contributed by atoms with Gasteiger partial charge < -0.3 is 5.11 Å². The monoisotopic (exact) mass is 300 g/mol. The normalized spacial score (nSPS) is 11.0. The molecule has 0 aliphatic carbocycles. The molecule has 110 valence electrons. The van der Waals surface area contributed by atoms with Crippen LogP contribution >= 0.6 is 0 Å². The van der Waals surface area contributed by atoms with E-state index in [1.165, 1.54) is 0 Å². The Labute approximate surface area is 132 Å². The van der Waals surface area contributed by atoms with Gasteiger partial charge in [-0.1, -0.05) is 42.5 Å².